The number of sulfone groups is 1. The van der Waals surface area contributed by atoms with E-state index >= 15 is 0 Å². The van der Waals surface area contributed by atoms with Gasteiger partial charge in [0.25, 0.3) is 0 Å². The largest absolute Gasteiger partial charge is 0.480 e. The molecule has 9 nitrogen and oxygen atoms in total. The Morgan fingerprint density at radius 3 is 2.71 bits per heavy atom. The van der Waals surface area contributed by atoms with Gasteiger partial charge in [0.2, 0.25) is 5.91 Å². The summed E-state index contributed by atoms with van der Waals surface area (Å²) in [6.07, 6.45) is 7.53. The minimum atomic E-state index is -3.64. The molecule has 41 heavy (non-hydrogen) atoms. The van der Waals surface area contributed by atoms with Crippen molar-refractivity contribution in [1.82, 2.24) is 14.8 Å². The molecule has 1 amide bonds. The maximum Gasteiger partial charge on any atom is 0.326 e. The highest BCUT2D eigenvalue weighted by Crippen LogP contribution is 2.32. The van der Waals surface area contributed by atoms with Crippen LogP contribution in [0.15, 0.2) is 58.3 Å². The van der Waals surface area contributed by atoms with Crippen LogP contribution >= 0.6 is 23.2 Å². The van der Waals surface area contributed by atoms with E-state index in [9.17, 15) is 23.1 Å². The Labute approximate surface area is 250 Å². The van der Waals surface area contributed by atoms with Gasteiger partial charge in [0, 0.05) is 61.2 Å². The number of aliphatic carboxylic acids is 1. The van der Waals surface area contributed by atoms with Crippen LogP contribution in [0.25, 0.3) is 10.8 Å². The Hall–Kier alpha value is -3.08. The van der Waals surface area contributed by atoms with Crippen molar-refractivity contribution in [3.05, 3.63) is 68.8 Å². The first-order valence-corrected chi connectivity index (χ1v) is 15.8. The normalized spacial score (nSPS) is 20.4. The summed E-state index contributed by atoms with van der Waals surface area (Å²) in [6, 6.07) is 4.09. The van der Waals surface area contributed by atoms with Gasteiger partial charge in [-0.15, -0.1) is 0 Å². The Morgan fingerprint density at radius 2 is 2.02 bits per heavy atom. The molecular formula is C29H34Cl2N4O5S. The summed E-state index contributed by atoms with van der Waals surface area (Å²) < 4.78 is 26.2. The van der Waals surface area contributed by atoms with Crippen molar-refractivity contribution in [2.75, 3.05) is 32.1 Å². The monoisotopic (exact) mass is 620 g/mol. The van der Waals surface area contributed by atoms with Gasteiger partial charge >= 0.3 is 5.97 Å². The number of nitrogens with two attached hydrogens (primary N) is 1. The van der Waals surface area contributed by atoms with Crippen LogP contribution in [0.5, 0.6) is 0 Å². The van der Waals surface area contributed by atoms with Gasteiger partial charge in [0.1, 0.15) is 11.9 Å². The number of hydrogen-bond donors (Lipinski definition) is 2. The van der Waals surface area contributed by atoms with Gasteiger partial charge in [0.15, 0.2) is 9.84 Å². The second kappa shape index (κ2) is 12.4. The first-order chi connectivity index (χ1) is 19.3. The summed E-state index contributed by atoms with van der Waals surface area (Å²) in [5.74, 6) is -1.74. The number of carbonyl (C=O) groups is 2. The molecule has 0 saturated carbocycles. The highest BCUT2D eigenvalue weighted by Gasteiger charge is 2.39. The lowest BCUT2D eigenvalue weighted by Gasteiger charge is -2.25. The van der Waals surface area contributed by atoms with Crippen LogP contribution in [0.2, 0.25) is 5.02 Å². The predicted molar refractivity (Wildman–Crippen MR) is 162 cm³/mol. The summed E-state index contributed by atoms with van der Waals surface area (Å²) in [4.78, 5) is 33.0. The first kappa shape index (κ1) is 30.9. The van der Waals surface area contributed by atoms with Crippen molar-refractivity contribution in [3.8, 4) is 0 Å². The number of benzene rings is 1. The smallest absolute Gasteiger partial charge is 0.326 e. The number of fused-ring (bicyclic) bond motifs is 1. The molecular weight excluding hydrogens is 587 g/mol. The van der Waals surface area contributed by atoms with Crippen LogP contribution in [-0.2, 0) is 25.8 Å². The van der Waals surface area contributed by atoms with Crippen molar-refractivity contribution >= 4 is 61.5 Å². The van der Waals surface area contributed by atoms with Crippen molar-refractivity contribution in [2.45, 2.75) is 38.6 Å². The second-order valence-corrected chi connectivity index (χ2v) is 13.6. The Bertz CT molecular complexity index is 1570. The molecule has 1 saturated heterocycles. The molecule has 220 valence electrons. The number of hydrogen-bond acceptors (Lipinski definition) is 7. The molecule has 0 radical (unpaired) electrons. The molecule has 3 unspecified atom stereocenters. The van der Waals surface area contributed by atoms with Crippen molar-refractivity contribution in [1.29, 1.82) is 0 Å². The zero-order valence-corrected chi connectivity index (χ0v) is 25.5. The molecule has 3 N–H and O–H groups in total. The number of pyridine rings is 1. The second-order valence-electron chi connectivity index (χ2n) is 10.7. The molecule has 2 aliphatic rings. The topological polar surface area (TPSA) is 134 Å². The highest BCUT2D eigenvalue weighted by atomic mass is 35.5. The fraction of sp³-hybridized carbons (Fsp3) is 0.414. The van der Waals surface area contributed by atoms with Gasteiger partial charge in [-0.25, -0.2) is 18.2 Å². The summed E-state index contributed by atoms with van der Waals surface area (Å²) >= 11 is 12.9. The van der Waals surface area contributed by atoms with E-state index in [1.165, 1.54) is 11.0 Å². The zero-order chi connectivity index (χ0) is 30.1. The van der Waals surface area contributed by atoms with E-state index < -0.39 is 27.8 Å². The zero-order valence-electron chi connectivity index (χ0n) is 23.2. The van der Waals surface area contributed by atoms with E-state index in [1.807, 2.05) is 32.0 Å². The van der Waals surface area contributed by atoms with Gasteiger partial charge in [-0.3, -0.25) is 4.79 Å². The van der Waals surface area contributed by atoms with E-state index in [-0.39, 0.29) is 41.9 Å². The molecule has 1 aromatic carbocycles. The molecule has 0 bridgehead atoms. The number of nitrogens with zero attached hydrogens (tertiary/aromatic N) is 3. The van der Waals surface area contributed by atoms with Crippen molar-refractivity contribution in [3.63, 3.8) is 0 Å². The highest BCUT2D eigenvalue weighted by molar-refractivity contribution is 7.95. The van der Waals surface area contributed by atoms with Crippen LogP contribution < -0.4 is 5.73 Å². The minimum absolute atomic E-state index is 0.0291. The Kier molecular flexibility index (Phi) is 9.35. The fourth-order valence-electron chi connectivity index (χ4n) is 5.55. The van der Waals surface area contributed by atoms with Crippen LogP contribution in [-0.4, -0.2) is 72.6 Å². The first-order valence-electron chi connectivity index (χ1n) is 13.4. The van der Waals surface area contributed by atoms with E-state index in [1.54, 1.807) is 30.5 Å². The lowest BCUT2D eigenvalue weighted by molar-refractivity contribution is -0.149. The summed E-state index contributed by atoms with van der Waals surface area (Å²) in [5.41, 5.74) is 7.34. The molecule has 4 rings (SSSR count). The standard InChI is InChI=1S/C29H34Cl2N4O5S/c1-17-6-7-21(15-24(31)26(17)34(2)3)41(39,40)12-4-5-18-9-11-35(28(18)36)25(29(37)38)14-20-13-19-8-10-33-27(32)22(19)16-23(20)30/h6-8,10,13,15-18,25H,4-5,9,11-12,14H2,1-3H3,(H2,32,33)(H,37,38). The van der Waals surface area contributed by atoms with Gasteiger partial charge in [0.05, 0.1) is 15.7 Å². The fourth-order valence-corrected chi connectivity index (χ4v) is 7.68. The number of allylic oxidation sites excluding steroid dienone is 4. The Morgan fingerprint density at radius 1 is 1.29 bits per heavy atom. The third-order valence-electron chi connectivity index (χ3n) is 7.69. The molecule has 1 aliphatic carbocycles. The lowest BCUT2D eigenvalue weighted by atomic mass is 10.0. The Balaban J connectivity index is 1.42. The average Bonchev–Trinajstić information content (AvgIpc) is 3.15. The maximum atomic E-state index is 13.3. The SMILES string of the molecule is CC1C=CC(S(=O)(=O)CCCC2CCN(C(Cc3cc4ccnc(N)c4cc3Cl)C(=O)O)C2=O)=CC(Cl)=C1N(C)C. The predicted octanol–water partition coefficient (Wildman–Crippen LogP) is 4.61. The lowest BCUT2D eigenvalue weighted by Crippen LogP contribution is -2.44. The average molecular weight is 622 g/mol. The van der Waals surface area contributed by atoms with Crippen LogP contribution in [0.4, 0.5) is 5.82 Å². The number of halogens is 2. The van der Waals surface area contributed by atoms with E-state index in [4.69, 9.17) is 28.9 Å². The van der Waals surface area contributed by atoms with Crippen LogP contribution in [0, 0.1) is 11.8 Å². The number of carboxylic acids is 1. The molecule has 2 aromatic rings. The quantitative estimate of drug-likeness (QED) is 0.393. The van der Waals surface area contributed by atoms with Crippen molar-refractivity contribution in [2.24, 2.45) is 11.8 Å². The number of carbonyl (C=O) groups excluding carboxylic acids is 1. The van der Waals surface area contributed by atoms with Crippen LogP contribution in [0.1, 0.15) is 31.7 Å². The van der Waals surface area contributed by atoms with Crippen LogP contribution in [0.3, 0.4) is 0 Å². The van der Waals surface area contributed by atoms with Gasteiger partial charge < -0.3 is 20.6 Å². The molecule has 1 aromatic heterocycles. The number of nitrogen functional groups attached to an aromatic ring is 1. The summed E-state index contributed by atoms with van der Waals surface area (Å²) in [7, 11) is 0.0745. The summed E-state index contributed by atoms with van der Waals surface area (Å²) in [6.45, 7) is 2.22. The summed E-state index contributed by atoms with van der Waals surface area (Å²) in [5, 5.41) is 12.2. The molecule has 0 spiro atoms. The van der Waals surface area contributed by atoms with Crippen molar-refractivity contribution < 1.29 is 23.1 Å². The number of likely N-dealkylation sites (tertiary alicyclic amines) is 1. The van der Waals surface area contributed by atoms with E-state index in [0.29, 0.717) is 39.7 Å². The van der Waals surface area contributed by atoms with E-state index in [2.05, 4.69) is 4.98 Å². The molecule has 1 aliphatic heterocycles. The molecule has 2 heterocycles. The molecule has 12 heteroatoms. The maximum absolute atomic E-state index is 13.3. The minimum Gasteiger partial charge on any atom is -0.480 e. The number of carboxylic acid groups (broad SMARTS) is 1. The third-order valence-corrected chi connectivity index (χ3v) is 10.1. The number of rotatable bonds is 10. The van der Waals surface area contributed by atoms with Gasteiger partial charge in [-0.1, -0.05) is 36.2 Å². The molecule has 3 atom stereocenters. The number of aromatic nitrogens is 1. The number of amides is 1. The van der Waals surface area contributed by atoms with Gasteiger partial charge in [-0.05, 0) is 60.6 Å². The molecule has 1 fully saturated rings. The third kappa shape index (κ3) is 6.71. The van der Waals surface area contributed by atoms with E-state index in [0.717, 1.165) is 11.1 Å². The van der Waals surface area contributed by atoms with Gasteiger partial charge in [-0.2, -0.15) is 0 Å². The number of anilines is 1.